The van der Waals surface area contributed by atoms with Crippen LogP contribution >= 0.6 is 11.6 Å². The number of nitrogens with zero attached hydrogens (tertiary/aromatic N) is 2. The molecule has 1 atom stereocenters. The predicted molar refractivity (Wildman–Crippen MR) is 95.7 cm³/mol. The molecule has 0 N–H and O–H groups in total. The molecule has 1 saturated heterocycles. The number of likely N-dealkylation sites (tertiary alicyclic amines) is 1. The lowest BCUT2D eigenvalue weighted by Crippen LogP contribution is -2.47. The van der Waals surface area contributed by atoms with Crippen LogP contribution in [0.25, 0.3) is 0 Å². The van der Waals surface area contributed by atoms with Gasteiger partial charge in [0.05, 0.1) is 19.6 Å². The van der Waals surface area contributed by atoms with Crippen molar-refractivity contribution in [3.63, 3.8) is 0 Å². The number of rotatable bonds is 7. The first-order chi connectivity index (χ1) is 12.0. The molecule has 0 spiro atoms. The number of hydrogen-bond acceptors (Lipinski definition) is 4. The summed E-state index contributed by atoms with van der Waals surface area (Å²) in [5.41, 5.74) is 0.856. The Morgan fingerprint density at radius 2 is 2.16 bits per heavy atom. The average Bonchev–Trinajstić information content (AvgIpc) is 2.60. The van der Waals surface area contributed by atoms with Gasteiger partial charge in [-0.25, -0.2) is 0 Å². The first-order valence-corrected chi connectivity index (χ1v) is 8.68. The molecular weight excluding hydrogens is 344 g/mol. The van der Waals surface area contributed by atoms with Gasteiger partial charge < -0.3 is 19.3 Å². The van der Waals surface area contributed by atoms with E-state index in [0.717, 1.165) is 5.56 Å². The van der Waals surface area contributed by atoms with E-state index in [9.17, 15) is 9.59 Å². The van der Waals surface area contributed by atoms with Gasteiger partial charge in [-0.1, -0.05) is 11.6 Å². The van der Waals surface area contributed by atoms with E-state index in [1.54, 1.807) is 49.3 Å². The summed E-state index contributed by atoms with van der Waals surface area (Å²) in [6.07, 6.45) is 0.979. The molecule has 0 saturated carbocycles. The molecule has 1 aromatic carbocycles. The third-order valence-electron chi connectivity index (χ3n) is 4.44. The molecule has 0 bridgehead atoms. The summed E-state index contributed by atoms with van der Waals surface area (Å²) < 4.78 is 10.4. The predicted octanol–water partition coefficient (Wildman–Crippen LogP) is 2.19. The summed E-state index contributed by atoms with van der Waals surface area (Å²) in [7, 11) is 4.96. The van der Waals surface area contributed by atoms with Crippen molar-refractivity contribution >= 4 is 23.4 Å². The first-order valence-electron chi connectivity index (χ1n) is 8.30. The van der Waals surface area contributed by atoms with Crippen LogP contribution < -0.4 is 4.74 Å². The Bertz CT molecular complexity index is 623. The smallest absolute Gasteiger partial charge is 0.227 e. The molecule has 1 fully saturated rings. The molecule has 7 heteroatoms. The molecular formula is C18H25ClN2O4. The lowest BCUT2D eigenvalue weighted by Gasteiger charge is -2.33. The molecule has 0 aromatic heterocycles. The monoisotopic (exact) mass is 368 g/mol. The highest BCUT2D eigenvalue weighted by Crippen LogP contribution is 2.25. The fraction of sp³-hybridized carbons (Fsp3) is 0.556. The topological polar surface area (TPSA) is 59.1 Å². The lowest BCUT2D eigenvalue weighted by atomic mass is 9.96. The van der Waals surface area contributed by atoms with E-state index < -0.39 is 0 Å². The quantitative estimate of drug-likeness (QED) is 0.740. The second-order valence-electron chi connectivity index (χ2n) is 6.22. The number of ether oxygens (including phenoxy) is 2. The highest BCUT2D eigenvalue weighted by atomic mass is 35.5. The van der Waals surface area contributed by atoms with Crippen LogP contribution in [0.15, 0.2) is 18.2 Å². The molecule has 25 heavy (non-hydrogen) atoms. The minimum Gasteiger partial charge on any atom is -0.496 e. The van der Waals surface area contributed by atoms with Gasteiger partial charge in [-0.2, -0.15) is 0 Å². The maximum absolute atomic E-state index is 12.8. The van der Waals surface area contributed by atoms with Crippen LogP contribution in [-0.2, 0) is 20.9 Å². The summed E-state index contributed by atoms with van der Waals surface area (Å²) in [6, 6.07) is 5.35. The normalized spacial score (nSPS) is 17.5. The van der Waals surface area contributed by atoms with Crippen molar-refractivity contribution in [2.45, 2.75) is 19.4 Å². The van der Waals surface area contributed by atoms with Gasteiger partial charge in [0.15, 0.2) is 0 Å². The third kappa shape index (κ3) is 5.09. The van der Waals surface area contributed by atoms with Crippen LogP contribution in [0.3, 0.4) is 0 Å². The molecule has 1 unspecified atom stereocenters. The molecule has 138 valence electrons. The van der Waals surface area contributed by atoms with Crippen molar-refractivity contribution in [2.24, 2.45) is 5.92 Å². The molecule has 1 heterocycles. The largest absolute Gasteiger partial charge is 0.496 e. The van der Waals surface area contributed by atoms with E-state index >= 15 is 0 Å². The van der Waals surface area contributed by atoms with Crippen molar-refractivity contribution in [3.05, 3.63) is 28.8 Å². The van der Waals surface area contributed by atoms with Crippen LogP contribution in [0.2, 0.25) is 5.02 Å². The summed E-state index contributed by atoms with van der Waals surface area (Å²) >= 11 is 6.05. The standard InChI is InChI=1S/C18H25ClN2O4/c1-20(11-14-10-15(19)5-6-16(14)25-3)18(23)13-4-7-17(22)21(12-13)8-9-24-2/h5-6,10,13H,4,7-9,11-12H2,1-3H3. The number of methoxy groups -OCH3 is 2. The van der Waals surface area contributed by atoms with Crippen molar-refractivity contribution in [2.75, 3.05) is 41.0 Å². The van der Waals surface area contributed by atoms with Crippen LogP contribution in [0.1, 0.15) is 18.4 Å². The average molecular weight is 369 g/mol. The van der Waals surface area contributed by atoms with Crippen molar-refractivity contribution in [1.82, 2.24) is 9.80 Å². The van der Waals surface area contributed by atoms with E-state index in [4.69, 9.17) is 21.1 Å². The SMILES string of the molecule is COCCN1CC(C(=O)N(C)Cc2cc(Cl)ccc2OC)CCC1=O. The fourth-order valence-corrected chi connectivity index (χ4v) is 3.24. The molecule has 2 amide bonds. The Balaban J connectivity index is 2.02. The lowest BCUT2D eigenvalue weighted by molar-refractivity contribution is -0.143. The van der Waals surface area contributed by atoms with Crippen LogP contribution in [0, 0.1) is 5.92 Å². The van der Waals surface area contributed by atoms with Crippen LogP contribution in [0.4, 0.5) is 0 Å². The van der Waals surface area contributed by atoms with Gasteiger partial charge in [-0.05, 0) is 24.6 Å². The zero-order chi connectivity index (χ0) is 18.4. The van der Waals surface area contributed by atoms with Gasteiger partial charge >= 0.3 is 0 Å². The zero-order valence-electron chi connectivity index (χ0n) is 15.0. The fourth-order valence-electron chi connectivity index (χ4n) is 3.05. The molecule has 0 radical (unpaired) electrons. The Kier molecular flexibility index (Phi) is 7.08. The molecule has 1 aliphatic rings. The van der Waals surface area contributed by atoms with Gasteiger partial charge in [0.1, 0.15) is 5.75 Å². The van der Waals surface area contributed by atoms with Crippen molar-refractivity contribution < 1.29 is 19.1 Å². The number of piperidine rings is 1. The summed E-state index contributed by atoms with van der Waals surface area (Å²) in [4.78, 5) is 28.1. The van der Waals surface area contributed by atoms with Gasteiger partial charge in [0, 0.05) is 50.8 Å². The van der Waals surface area contributed by atoms with Crippen LogP contribution in [-0.4, -0.2) is 62.6 Å². The van der Waals surface area contributed by atoms with Gasteiger partial charge in [-0.15, -0.1) is 0 Å². The summed E-state index contributed by atoms with van der Waals surface area (Å²) in [6.45, 7) is 1.84. The Hall–Kier alpha value is -1.79. The van der Waals surface area contributed by atoms with E-state index in [2.05, 4.69) is 0 Å². The number of carbonyl (C=O) groups is 2. The maximum atomic E-state index is 12.8. The number of halogens is 1. The highest BCUT2D eigenvalue weighted by Gasteiger charge is 2.31. The summed E-state index contributed by atoms with van der Waals surface area (Å²) in [5.74, 6) is 0.617. The third-order valence-corrected chi connectivity index (χ3v) is 4.68. The summed E-state index contributed by atoms with van der Waals surface area (Å²) in [5, 5.41) is 0.602. The Labute approximate surface area is 153 Å². The molecule has 6 nitrogen and oxygen atoms in total. The Morgan fingerprint density at radius 1 is 1.40 bits per heavy atom. The van der Waals surface area contributed by atoms with E-state index in [1.807, 2.05) is 0 Å². The van der Waals surface area contributed by atoms with Gasteiger partial charge in [-0.3, -0.25) is 9.59 Å². The first kappa shape index (κ1) is 19.5. The number of carbonyl (C=O) groups excluding carboxylic acids is 2. The Morgan fingerprint density at radius 3 is 2.84 bits per heavy atom. The van der Waals surface area contributed by atoms with Crippen molar-refractivity contribution in [1.29, 1.82) is 0 Å². The number of benzene rings is 1. The van der Waals surface area contributed by atoms with Gasteiger partial charge in [0.25, 0.3) is 0 Å². The second kappa shape index (κ2) is 9.06. The minimum atomic E-state index is -0.190. The van der Waals surface area contributed by atoms with E-state index in [1.165, 1.54) is 0 Å². The number of amides is 2. The highest BCUT2D eigenvalue weighted by molar-refractivity contribution is 6.30. The number of hydrogen-bond donors (Lipinski definition) is 0. The zero-order valence-corrected chi connectivity index (χ0v) is 15.7. The molecule has 1 aliphatic heterocycles. The minimum absolute atomic E-state index is 0.0249. The van der Waals surface area contributed by atoms with Crippen molar-refractivity contribution in [3.8, 4) is 5.75 Å². The van der Waals surface area contributed by atoms with E-state index in [-0.39, 0.29) is 17.7 Å². The van der Waals surface area contributed by atoms with Crippen LogP contribution in [0.5, 0.6) is 5.75 Å². The van der Waals surface area contributed by atoms with E-state index in [0.29, 0.717) is 49.9 Å². The molecule has 0 aliphatic carbocycles. The maximum Gasteiger partial charge on any atom is 0.227 e. The second-order valence-corrected chi connectivity index (χ2v) is 6.66. The molecule has 1 aromatic rings. The van der Waals surface area contributed by atoms with Gasteiger partial charge in [0.2, 0.25) is 11.8 Å². The molecule has 2 rings (SSSR count).